The van der Waals surface area contributed by atoms with E-state index in [0.717, 1.165) is 82.4 Å². The molecule has 0 heterocycles. The number of unbranched alkanes of at least 4 members (excludes halogenated alkanes) is 22. The number of ether oxygens (including phenoxy) is 2. The second-order valence-electron chi connectivity index (χ2n) is 13.6. The molecule has 0 radical (unpaired) electrons. The van der Waals surface area contributed by atoms with E-state index >= 15 is 0 Å². The maximum Gasteiger partial charge on any atom is 1.00 e. The summed E-state index contributed by atoms with van der Waals surface area (Å²) in [5, 5.41) is 0. The molecule has 0 saturated carbocycles. The number of hydrogen-bond donors (Lipinski definition) is 0. The molecule has 0 aromatic heterocycles. The molecule has 0 aliphatic rings. The van der Waals surface area contributed by atoms with Crippen molar-refractivity contribution >= 4 is 22.1 Å². The average Bonchev–Trinajstić information content (AvgIpc) is 3.10. The molecule has 1 rings (SSSR count). The molecule has 0 unspecified atom stereocenters. The van der Waals surface area contributed by atoms with E-state index in [1.54, 1.807) is 0 Å². The Bertz CT molecular complexity index is 1180. The Balaban J connectivity index is 0.0000250. The van der Waals surface area contributed by atoms with E-state index in [-0.39, 0.29) is 75.7 Å². The Kier molecular flexibility index (Phi) is 34.4. The maximum atomic E-state index is 12.9. The summed E-state index contributed by atoms with van der Waals surface area (Å²) in [6.45, 7) is 4.83. The maximum absolute atomic E-state index is 12.9. The second-order valence-corrected chi connectivity index (χ2v) is 15.0. The normalized spacial score (nSPS) is 11.7. The van der Waals surface area contributed by atoms with Gasteiger partial charge >= 0.3 is 63.3 Å². The molecule has 9 heteroatoms. The van der Waals surface area contributed by atoms with Crippen LogP contribution in [0.25, 0.3) is 0 Å². The Morgan fingerprint density at radius 1 is 0.529 bits per heavy atom. The molecule has 0 aliphatic heterocycles. The summed E-state index contributed by atoms with van der Waals surface area (Å²) >= 11 is 0. The van der Waals surface area contributed by atoms with E-state index in [9.17, 15) is 22.6 Å². The zero-order valence-electron chi connectivity index (χ0n) is 32.6. The SMILES string of the molecule is CCCCCCCC/C=C/CCCCCCCOC(=O)c1ccc(S(=O)(=O)[O-])cc1C(=O)OCCCCCCC/C=C/CCCCCCCC.[K+]. The molecule has 0 bridgehead atoms. The van der Waals surface area contributed by atoms with Crippen molar-refractivity contribution in [3.63, 3.8) is 0 Å². The van der Waals surface area contributed by atoms with Crippen LogP contribution in [0.5, 0.6) is 0 Å². The number of carbonyl (C=O) groups excluding carboxylic acids is 2. The van der Waals surface area contributed by atoms with Crippen LogP contribution < -0.4 is 51.4 Å². The minimum atomic E-state index is -4.82. The molecule has 1 aromatic rings. The molecule has 1 aromatic carbocycles. The van der Waals surface area contributed by atoms with Crippen molar-refractivity contribution in [3.05, 3.63) is 53.6 Å². The van der Waals surface area contributed by atoms with Crippen LogP contribution in [0.15, 0.2) is 47.4 Å². The first-order valence-electron chi connectivity index (χ1n) is 20.0. The first kappa shape index (κ1) is 50.2. The van der Waals surface area contributed by atoms with Crippen LogP contribution in [0, 0.1) is 0 Å². The Morgan fingerprint density at radius 3 is 1.24 bits per heavy atom. The third-order valence-corrected chi connectivity index (χ3v) is 9.83. The zero-order valence-corrected chi connectivity index (χ0v) is 36.5. The van der Waals surface area contributed by atoms with Gasteiger partial charge in [0.05, 0.1) is 29.2 Å². The molecule has 51 heavy (non-hydrogen) atoms. The van der Waals surface area contributed by atoms with Gasteiger partial charge in [0.1, 0.15) is 10.1 Å². The summed E-state index contributed by atoms with van der Waals surface area (Å²) in [6, 6.07) is 3.11. The molecular formula is C42H69KO7S. The van der Waals surface area contributed by atoms with Gasteiger partial charge in [-0.25, -0.2) is 18.0 Å². The topological polar surface area (TPSA) is 110 Å². The molecule has 0 aliphatic carbocycles. The number of benzene rings is 1. The van der Waals surface area contributed by atoms with Crippen LogP contribution in [0.2, 0.25) is 0 Å². The minimum absolute atomic E-state index is 0. The number of rotatable bonds is 33. The molecule has 0 saturated heterocycles. The quantitative estimate of drug-likeness (QED) is 0.0231. The molecule has 0 atom stereocenters. The van der Waals surface area contributed by atoms with Crippen molar-refractivity contribution in [1.82, 2.24) is 0 Å². The smallest absolute Gasteiger partial charge is 0.744 e. The van der Waals surface area contributed by atoms with Crippen LogP contribution in [-0.4, -0.2) is 38.1 Å². The molecule has 7 nitrogen and oxygen atoms in total. The fourth-order valence-electron chi connectivity index (χ4n) is 5.86. The van der Waals surface area contributed by atoms with Crippen molar-refractivity contribution in [1.29, 1.82) is 0 Å². The predicted molar refractivity (Wildman–Crippen MR) is 205 cm³/mol. The van der Waals surface area contributed by atoms with Crippen molar-refractivity contribution in [2.24, 2.45) is 0 Å². The van der Waals surface area contributed by atoms with Crippen LogP contribution in [-0.2, 0) is 19.6 Å². The van der Waals surface area contributed by atoms with Crippen molar-refractivity contribution in [3.8, 4) is 0 Å². The number of carbonyl (C=O) groups is 2. The van der Waals surface area contributed by atoms with Gasteiger partial charge in [-0.15, -0.1) is 0 Å². The Labute approximate surface area is 354 Å². The van der Waals surface area contributed by atoms with Gasteiger partial charge in [-0.2, -0.15) is 0 Å². The first-order valence-corrected chi connectivity index (χ1v) is 21.5. The van der Waals surface area contributed by atoms with E-state index in [4.69, 9.17) is 9.47 Å². The van der Waals surface area contributed by atoms with Crippen molar-refractivity contribution in [2.45, 2.75) is 186 Å². The molecule has 0 amide bonds. The molecule has 0 spiro atoms. The van der Waals surface area contributed by atoms with E-state index < -0.39 is 27.0 Å². The molecule has 0 fully saturated rings. The van der Waals surface area contributed by atoms with Gasteiger partial charge in [-0.05, 0) is 82.4 Å². The largest absolute Gasteiger partial charge is 1.00 e. The van der Waals surface area contributed by atoms with Gasteiger partial charge in [0.25, 0.3) is 0 Å². The zero-order chi connectivity index (χ0) is 36.5. The monoisotopic (exact) mass is 756 g/mol. The van der Waals surface area contributed by atoms with Gasteiger partial charge < -0.3 is 14.0 Å². The van der Waals surface area contributed by atoms with Gasteiger partial charge in [-0.3, -0.25) is 0 Å². The predicted octanol–water partition coefficient (Wildman–Crippen LogP) is 9.20. The van der Waals surface area contributed by atoms with E-state index in [0.29, 0.717) is 12.8 Å². The number of allylic oxidation sites excluding steroid dienone is 4. The van der Waals surface area contributed by atoms with Crippen molar-refractivity contribution < 1.29 is 83.4 Å². The van der Waals surface area contributed by atoms with Gasteiger partial charge in [0.2, 0.25) is 0 Å². The summed E-state index contributed by atoms with van der Waals surface area (Å²) < 4.78 is 45.6. The summed E-state index contributed by atoms with van der Waals surface area (Å²) in [7, 11) is -4.82. The van der Waals surface area contributed by atoms with Gasteiger partial charge in [-0.1, -0.05) is 141 Å². The average molecular weight is 757 g/mol. The van der Waals surface area contributed by atoms with Gasteiger partial charge in [0, 0.05) is 0 Å². The summed E-state index contributed by atoms with van der Waals surface area (Å²) in [5.41, 5.74) is -0.357. The molecular weight excluding hydrogens is 688 g/mol. The summed E-state index contributed by atoms with van der Waals surface area (Å²) in [6.07, 6.45) is 39.3. The number of esters is 2. The number of hydrogen-bond acceptors (Lipinski definition) is 7. The molecule has 286 valence electrons. The van der Waals surface area contributed by atoms with Crippen LogP contribution >= 0.6 is 0 Å². The second kappa shape index (κ2) is 34.9. The fourth-order valence-corrected chi connectivity index (χ4v) is 6.35. The third-order valence-electron chi connectivity index (χ3n) is 9.00. The fraction of sp³-hybridized carbons (Fsp3) is 0.714. The van der Waals surface area contributed by atoms with Crippen LogP contribution in [0.4, 0.5) is 0 Å². The molecule has 0 N–H and O–H groups in total. The van der Waals surface area contributed by atoms with Gasteiger partial charge in [0.15, 0.2) is 0 Å². The van der Waals surface area contributed by atoms with Crippen LogP contribution in [0.3, 0.4) is 0 Å². The summed E-state index contributed by atoms with van der Waals surface area (Å²) in [4.78, 5) is 25.1. The van der Waals surface area contributed by atoms with E-state index in [1.807, 2.05) is 0 Å². The Morgan fingerprint density at radius 2 is 0.863 bits per heavy atom. The standard InChI is InChI=1S/C42H70O7S.K/c1-3-5-7-9-11-13-15-17-19-21-23-25-27-29-31-35-48-41(43)39-34-33-38(50(45,46)47)37-40(39)42(44)49-36-32-30-28-26-24-22-20-18-16-14-12-10-8-6-4-2;/h17-20,33-34,37H,3-16,21-32,35-36H2,1-2H3,(H,45,46,47);/q;+1/p-1/b19-17+,20-18+;. The minimum Gasteiger partial charge on any atom is -0.744 e. The van der Waals surface area contributed by atoms with Crippen molar-refractivity contribution in [2.75, 3.05) is 13.2 Å². The van der Waals surface area contributed by atoms with E-state index in [1.165, 1.54) is 89.9 Å². The van der Waals surface area contributed by atoms with E-state index in [2.05, 4.69) is 38.2 Å². The van der Waals surface area contributed by atoms with Crippen LogP contribution in [0.1, 0.15) is 202 Å². The third kappa shape index (κ3) is 28.3. The first-order chi connectivity index (χ1) is 24.3. The Hall–Kier alpha value is -0.814. The summed E-state index contributed by atoms with van der Waals surface area (Å²) in [5.74, 6) is -1.57.